The number of hydrogen-bond donors (Lipinski definition) is 3. The molecule has 0 aliphatic carbocycles. The summed E-state index contributed by atoms with van der Waals surface area (Å²) in [6.45, 7) is 0. The van der Waals surface area contributed by atoms with Gasteiger partial charge in [0.1, 0.15) is 16.5 Å². The van der Waals surface area contributed by atoms with Crippen molar-refractivity contribution in [2.75, 3.05) is 0 Å². The third kappa shape index (κ3) is 2.62. The summed E-state index contributed by atoms with van der Waals surface area (Å²) < 4.78 is 7.36. The number of halogens is 1. The quantitative estimate of drug-likeness (QED) is 0.210. The zero-order chi connectivity index (χ0) is 19.1. The molecular weight excluding hydrogens is 366 g/mol. The molecule has 27 heavy (non-hydrogen) atoms. The number of furan rings is 1. The Hall–Kier alpha value is -3.38. The monoisotopic (exact) mass is 381 g/mol. The van der Waals surface area contributed by atoms with E-state index in [0.717, 1.165) is 22.1 Å². The number of benzene rings is 2. The van der Waals surface area contributed by atoms with Crippen molar-refractivity contribution in [1.29, 1.82) is 0 Å². The van der Waals surface area contributed by atoms with Crippen LogP contribution in [0.15, 0.2) is 64.4 Å². The van der Waals surface area contributed by atoms with Gasteiger partial charge in [0, 0.05) is 29.1 Å². The van der Waals surface area contributed by atoms with Gasteiger partial charge in [-0.05, 0) is 23.8 Å². The number of aromatic hydroxyl groups is 1. The second-order valence-electron chi connectivity index (χ2n) is 6.13. The number of amidine groups is 1. The van der Waals surface area contributed by atoms with Gasteiger partial charge in [-0.2, -0.15) is 0 Å². The van der Waals surface area contributed by atoms with Gasteiger partial charge in [-0.3, -0.25) is 0 Å². The first-order valence-electron chi connectivity index (χ1n) is 8.15. The molecule has 0 saturated carbocycles. The summed E-state index contributed by atoms with van der Waals surface area (Å²) in [5.74, 6) is 0.0856. The maximum atomic E-state index is 9.63. The molecule has 2 aromatic carbocycles. The number of fused-ring (bicyclic) bond motifs is 1. The van der Waals surface area contributed by atoms with Crippen LogP contribution in [0.5, 0.6) is 5.75 Å². The molecule has 7 heteroatoms. The summed E-state index contributed by atoms with van der Waals surface area (Å²) in [7, 11) is 1.74. The topological polar surface area (TPSA) is 96.9 Å². The normalized spacial score (nSPS) is 12.0. The molecule has 0 spiro atoms. The molecule has 0 bridgehead atoms. The molecule has 4 rings (SSSR count). The highest BCUT2D eigenvalue weighted by atomic mass is 35.5. The van der Waals surface area contributed by atoms with E-state index in [4.69, 9.17) is 21.8 Å². The highest BCUT2D eigenvalue weighted by Crippen LogP contribution is 2.45. The molecule has 0 amide bonds. The molecule has 0 saturated heterocycles. The lowest BCUT2D eigenvalue weighted by Crippen LogP contribution is -2.18. The minimum Gasteiger partial charge on any atom is -0.508 e. The van der Waals surface area contributed by atoms with Crippen LogP contribution in [0.1, 0.15) is 5.69 Å². The standard InChI is InChI=1S/C20H16ClN3O3/c1-24-18(20(22)23-26)17(14-10-27-15-5-3-2-4-13(14)15)16(19(24)21)11-6-8-12(25)9-7-11/h2-10,25-26H,1H3,(H2,22,23). The van der Waals surface area contributed by atoms with Gasteiger partial charge in [0.2, 0.25) is 0 Å². The maximum Gasteiger partial charge on any atom is 0.187 e. The molecule has 0 aliphatic rings. The van der Waals surface area contributed by atoms with Crippen molar-refractivity contribution in [3.8, 4) is 28.0 Å². The highest BCUT2D eigenvalue weighted by Gasteiger charge is 2.27. The first-order chi connectivity index (χ1) is 13.0. The molecule has 0 radical (unpaired) electrons. The fraction of sp³-hybridized carbons (Fsp3) is 0.0500. The van der Waals surface area contributed by atoms with Crippen LogP contribution in [-0.4, -0.2) is 20.7 Å². The summed E-state index contributed by atoms with van der Waals surface area (Å²) in [5, 5.41) is 23.4. The Bertz CT molecular complexity index is 1170. The van der Waals surface area contributed by atoms with E-state index >= 15 is 0 Å². The van der Waals surface area contributed by atoms with E-state index in [0.29, 0.717) is 22.0 Å². The highest BCUT2D eigenvalue weighted by molar-refractivity contribution is 6.34. The summed E-state index contributed by atoms with van der Waals surface area (Å²) >= 11 is 6.64. The fourth-order valence-corrected chi connectivity index (χ4v) is 3.62. The molecule has 0 aliphatic heterocycles. The minimum absolute atomic E-state index is 0.0651. The molecule has 6 nitrogen and oxygen atoms in total. The van der Waals surface area contributed by atoms with Gasteiger partial charge in [-0.1, -0.05) is 47.1 Å². The molecule has 4 aromatic rings. The van der Waals surface area contributed by atoms with Crippen molar-refractivity contribution in [3.63, 3.8) is 0 Å². The predicted octanol–water partition coefficient (Wildman–Crippen LogP) is 4.56. The molecule has 0 atom stereocenters. The van der Waals surface area contributed by atoms with Crippen LogP contribution in [0.4, 0.5) is 0 Å². The largest absolute Gasteiger partial charge is 0.508 e. The average molecular weight is 382 g/mol. The first-order valence-corrected chi connectivity index (χ1v) is 8.52. The van der Waals surface area contributed by atoms with Crippen molar-refractivity contribution in [2.45, 2.75) is 0 Å². The lowest BCUT2D eigenvalue weighted by Gasteiger charge is -2.07. The van der Waals surface area contributed by atoms with E-state index in [9.17, 15) is 10.3 Å². The average Bonchev–Trinajstić information content (AvgIpc) is 3.21. The molecule has 2 heterocycles. The molecule has 136 valence electrons. The lowest BCUT2D eigenvalue weighted by molar-refractivity contribution is 0.318. The van der Waals surface area contributed by atoms with Gasteiger partial charge in [0.25, 0.3) is 0 Å². The lowest BCUT2D eigenvalue weighted by atomic mass is 9.96. The number of phenolic OH excluding ortho intramolecular Hbond substituents is 1. The number of aromatic nitrogens is 1. The minimum atomic E-state index is -0.0651. The van der Waals surface area contributed by atoms with Gasteiger partial charge in [-0.25, -0.2) is 0 Å². The number of phenols is 1. The molecule has 0 fully saturated rings. The number of nitrogens with two attached hydrogens (primary N) is 1. The Labute approximate surface area is 159 Å². The van der Waals surface area contributed by atoms with Crippen LogP contribution in [0.3, 0.4) is 0 Å². The van der Waals surface area contributed by atoms with E-state index in [1.807, 2.05) is 24.3 Å². The molecular formula is C20H16ClN3O3. The number of para-hydroxylation sites is 1. The second-order valence-corrected chi connectivity index (χ2v) is 6.48. The van der Waals surface area contributed by atoms with Gasteiger partial charge >= 0.3 is 0 Å². The summed E-state index contributed by atoms with van der Waals surface area (Å²) in [4.78, 5) is 0. The smallest absolute Gasteiger partial charge is 0.187 e. The second kappa shape index (κ2) is 6.41. The third-order valence-corrected chi connectivity index (χ3v) is 5.02. The van der Waals surface area contributed by atoms with E-state index in [2.05, 4.69) is 5.16 Å². The SMILES string of the molecule is Cn1c(Cl)c(-c2ccc(O)cc2)c(-c2coc3ccccc23)c1C(N)=NO. The van der Waals surface area contributed by atoms with Gasteiger partial charge < -0.3 is 25.0 Å². The van der Waals surface area contributed by atoms with Gasteiger partial charge in [-0.15, -0.1) is 0 Å². The number of hydrogen-bond acceptors (Lipinski definition) is 4. The Kier molecular flexibility index (Phi) is 4.05. The molecule has 2 aromatic heterocycles. The van der Waals surface area contributed by atoms with E-state index in [-0.39, 0.29) is 11.6 Å². The van der Waals surface area contributed by atoms with Crippen LogP contribution >= 0.6 is 11.6 Å². The van der Waals surface area contributed by atoms with Crippen molar-refractivity contribution in [2.24, 2.45) is 17.9 Å². The van der Waals surface area contributed by atoms with Crippen LogP contribution in [-0.2, 0) is 7.05 Å². The van der Waals surface area contributed by atoms with Crippen LogP contribution in [0.25, 0.3) is 33.2 Å². The zero-order valence-electron chi connectivity index (χ0n) is 14.3. The van der Waals surface area contributed by atoms with Crippen LogP contribution in [0.2, 0.25) is 5.15 Å². The summed E-state index contributed by atoms with van der Waals surface area (Å²) in [6.07, 6.45) is 1.63. The van der Waals surface area contributed by atoms with E-state index in [1.165, 1.54) is 0 Å². The van der Waals surface area contributed by atoms with Gasteiger partial charge in [0.15, 0.2) is 5.84 Å². The third-order valence-electron chi connectivity index (χ3n) is 4.58. The van der Waals surface area contributed by atoms with Crippen molar-refractivity contribution < 1.29 is 14.7 Å². The Morgan fingerprint density at radius 3 is 2.52 bits per heavy atom. The summed E-state index contributed by atoms with van der Waals surface area (Å²) in [5.41, 5.74) is 10.1. The predicted molar refractivity (Wildman–Crippen MR) is 105 cm³/mol. The Morgan fingerprint density at radius 2 is 1.81 bits per heavy atom. The fourth-order valence-electron chi connectivity index (χ4n) is 3.33. The number of nitrogens with zero attached hydrogens (tertiary/aromatic N) is 2. The van der Waals surface area contributed by atoms with Crippen molar-refractivity contribution in [1.82, 2.24) is 4.57 Å². The summed E-state index contributed by atoms with van der Waals surface area (Å²) in [6, 6.07) is 14.3. The first kappa shape index (κ1) is 17.1. The number of rotatable bonds is 3. The van der Waals surface area contributed by atoms with Crippen molar-refractivity contribution >= 4 is 28.4 Å². The van der Waals surface area contributed by atoms with Crippen LogP contribution < -0.4 is 5.73 Å². The zero-order valence-corrected chi connectivity index (χ0v) is 15.1. The van der Waals surface area contributed by atoms with E-state index < -0.39 is 0 Å². The van der Waals surface area contributed by atoms with E-state index in [1.54, 1.807) is 42.1 Å². The number of oxime groups is 1. The molecule has 0 unspecified atom stereocenters. The molecule has 4 N–H and O–H groups in total. The van der Waals surface area contributed by atoms with Crippen molar-refractivity contribution in [3.05, 3.63) is 65.6 Å². The maximum absolute atomic E-state index is 9.63. The van der Waals surface area contributed by atoms with Crippen LogP contribution in [0, 0.1) is 0 Å². The van der Waals surface area contributed by atoms with Gasteiger partial charge in [0.05, 0.1) is 12.0 Å². The Morgan fingerprint density at radius 1 is 1.11 bits per heavy atom. The Balaban J connectivity index is 2.12.